The summed E-state index contributed by atoms with van der Waals surface area (Å²) in [5, 5.41) is 17.1. The summed E-state index contributed by atoms with van der Waals surface area (Å²) in [5.74, 6) is -1.01. The van der Waals surface area contributed by atoms with Crippen LogP contribution < -0.4 is 20.7 Å². The van der Waals surface area contributed by atoms with E-state index in [2.05, 4.69) is 20.4 Å². The maximum atomic E-state index is 14.5. The van der Waals surface area contributed by atoms with Crippen molar-refractivity contribution in [3.05, 3.63) is 52.8 Å². The van der Waals surface area contributed by atoms with Crippen molar-refractivity contribution in [2.45, 2.75) is 57.3 Å². The van der Waals surface area contributed by atoms with E-state index in [1.165, 1.54) is 28.9 Å². The number of ether oxygens (including phenoxy) is 1. The van der Waals surface area contributed by atoms with E-state index in [1.54, 1.807) is 12.3 Å². The molecule has 5 rings (SSSR count). The van der Waals surface area contributed by atoms with Crippen molar-refractivity contribution in [2.75, 3.05) is 30.3 Å². The number of aliphatic carboxylic acids is 1. The van der Waals surface area contributed by atoms with Crippen LogP contribution in [0.5, 0.6) is 5.88 Å². The first kappa shape index (κ1) is 28.9. The number of aromatic nitrogens is 4. The fraction of sp³-hybridized carbons (Fsp3) is 0.481. The van der Waals surface area contributed by atoms with E-state index in [9.17, 15) is 23.1 Å². The lowest BCUT2D eigenvalue weighted by Crippen LogP contribution is -2.41. The monoisotopic (exact) mass is 593 g/mol. The quantitative estimate of drug-likeness (QED) is 0.355. The van der Waals surface area contributed by atoms with Crippen LogP contribution in [0.3, 0.4) is 0 Å². The number of halogens is 4. The molecule has 41 heavy (non-hydrogen) atoms. The van der Waals surface area contributed by atoms with Crippen LogP contribution in [-0.2, 0) is 4.79 Å². The lowest BCUT2D eigenvalue weighted by Gasteiger charge is -2.39. The molecule has 0 radical (unpaired) electrons. The minimum atomic E-state index is -4.82. The summed E-state index contributed by atoms with van der Waals surface area (Å²) in [6, 6.07) is 6.55. The van der Waals surface area contributed by atoms with E-state index in [0.717, 1.165) is 0 Å². The Morgan fingerprint density at radius 2 is 1.95 bits per heavy atom. The average molecular weight is 594 g/mol. The molecular formula is C27H31ClF3N7O3. The molecule has 14 heteroatoms. The number of nitrogens with one attached hydrogen (secondary N) is 1. The Bertz CT molecular complexity index is 1420. The first-order valence-electron chi connectivity index (χ1n) is 13.3. The van der Waals surface area contributed by atoms with Gasteiger partial charge in [-0.2, -0.15) is 28.2 Å². The van der Waals surface area contributed by atoms with Gasteiger partial charge in [0.25, 0.3) is 0 Å². The van der Waals surface area contributed by atoms with Gasteiger partial charge in [0.05, 0.1) is 11.4 Å². The standard InChI is InChI=1S/C27H31ClF3N7O3/c1-15(2)18-5-8-38(36-18)20-11-16(28)3-4-17(20)23(27(29,30)31)41-22-12-21(34-25(32)35-22)37-9-6-26(7-10-37)13-19(24(39)40)33-14-26/h3-5,8,11-12,15,19,23,33H,6-7,9-10,13-14H2,1-2H3,(H,39,40)(H2,32,34,35)/t19?,23-/m1/s1. The van der Waals surface area contributed by atoms with Crippen LogP contribution in [0.4, 0.5) is 24.9 Å². The molecule has 2 aliphatic rings. The van der Waals surface area contributed by atoms with Crippen LogP contribution in [0.2, 0.25) is 5.02 Å². The zero-order chi connectivity index (χ0) is 29.5. The van der Waals surface area contributed by atoms with Gasteiger partial charge in [-0.25, -0.2) is 4.68 Å². The summed E-state index contributed by atoms with van der Waals surface area (Å²) < 4.78 is 50.4. The average Bonchev–Trinajstić information content (AvgIpc) is 3.56. The van der Waals surface area contributed by atoms with Gasteiger partial charge in [0.15, 0.2) is 0 Å². The molecule has 2 aliphatic heterocycles. The molecule has 1 aromatic carbocycles. The van der Waals surface area contributed by atoms with E-state index in [4.69, 9.17) is 22.1 Å². The van der Waals surface area contributed by atoms with Crippen molar-refractivity contribution in [1.29, 1.82) is 0 Å². The molecule has 0 bridgehead atoms. The molecule has 1 unspecified atom stereocenters. The number of rotatable bonds is 7. The molecule has 3 aromatic rings. The van der Waals surface area contributed by atoms with Crippen molar-refractivity contribution < 1.29 is 27.8 Å². The zero-order valence-corrected chi connectivity index (χ0v) is 23.3. The topological polar surface area (TPSA) is 131 Å². The Morgan fingerprint density at radius 1 is 1.22 bits per heavy atom. The van der Waals surface area contributed by atoms with Crippen molar-refractivity contribution in [2.24, 2.45) is 5.41 Å². The van der Waals surface area contributed by atoms with E-state index in [1.807, 2.05) is 18.7 Å². The highest BCUT2D eigenvalue weighted by Crippen LogP contribution is 2.42. The number of carboxylic acids is 1. The van der Waals surface area contributed by atoms with Crippen LogP contribution in [0.1, 0.15) is 56.4 Å². The SMILES string of the molecule is CC(C)c1ccn(-c2cc(Cl)ccc2[C@@H](Oc2cc(N3CCC4(CC3)CNC(C(=O)O)C4)nc(N)n2)C(F)(F)F)n1. The normalized spacial score (nSPS) is 19.6. The Labute approximate surface area is 239 Å². The summed E-state index contributed by atoms with van der Waals surface area (Å²) >= 11 is 6.17. The number of hydrogen-bond acceptors (Lipinski definition) is 8. The predicted octanol–water partition coefficient (Wildman–Crippen LogP) is 4.74. The summed E-state index contributed by atoms with van der Waals surface area (Å²) in [6.07, 6.45) is -3.70. The molecule has 220 valence electrons. The second-order valence-electron chi connectivity index (χ2n) is 11.0. The van der Waals surface area contributed by atoms with Gasteiger partial charge >= 0.3 is 12.1 Å². The van der Waals surface area contributed by atoms with Gasteiger partial charge < -0.3 is 25.8 Å². The molecule has 2 fully saturated rings. The summed E-state index contributed by atoms with van der Waals surface area (Å²) in [4.78, 5) is 21.5. The van der Waals surface area contributed by atoms with Crippen LogP contribution in [0, 0.1) is 5.41 Å². The van der Waals surface area contributed by atoms with Crippen molar-refractivity contribution >= 4 is 29.3 Å². The third-order valence-corrected chi connectivity index (χ3v) is 8.01. The number of nitrogens with two attached hydrogens (primary N) is 1. The van der Waals surface area contributed by atoms with Crippen LogP contribution in [0.15, 0.2) is 36.5 Å². The molecule has 2 aromatic heterocycles. The lowest BCUT2D eigenvalue weighted by atomic mass is 9.76. The third kappa shape index (κ3) is 6.20. The maximum absolute atomic E-state index is 14.5. The largest absolute Gasteiger partial charge is 0.480 e. The highest BCUT2D eigenvalue weighted by atomic mass is 35.5. The number of nitrogens with zero attached hydrogens (tertiary/aromatic N) is 5. The molecule has 4 heterocycles. The number of carbonyl (C=O) groups is 1. The van der Waals surface area contributed by atoms with Gasteiger partial charge in [-0.1, -0.05) is 31.5 Å². The second kappa shape index (κ2) is 11.0. The first-order valence-corrected chi connectivity index (χ1v) is 13.7. The Balaban J connectivity index is 1.41. The van der Waals surface area contributed by atoms with E-state index in [-0.39, 0.29) is 39.4 Å². The number of hydrogen-bond donors (Lipinski definition) is 3. The van der Waals surface area contributed by atoms with Crippen LogP contribution >= 0.6 is 11.6 Å². The fourth-order valence-electron chi connectivity index (χ4n) is 5.48. The number of carboxylic acid groups (broad SMARTS) is 1. The van der Waals surface area contributed by atoms with Gasteiger partial charge in [-0.05, 0) is 48.8 Å². The van der Waals surface area contributed by atoms with Crippen LogP contribution in [-0.4, -0.2) is 62.7 Å². The van der Waals surface area contributed by atoms with Crippen molar-refractivity contribution in [1.82, 2.24) is 25.1 Å². The number of alkyl halides is 3. The number of nitrogen functional groups attached to an aromatic ring is 1. The maximum Gasteiger partial charge on any atom is 0.429 e. The molecule has 0 aliphatic carbocycles. The number of anilines is 2. The third-order valence-electron chi connectivity index (χ3n) is 7.77. The highest BCUT2D eigenvalue weighted by Gasteiger charge is 2.46. The molecule has 1 spiro atoms. The molecule has 4 N–H and O–H groups in total. The summed E-state index contributed by atoms with van der Waals surface area (Å²) in [7, 11) is 0. The second-order valence-corrected chi connectivity index (χ2v) is 11.4. The number of benzene rings is 1. The van der Waals surface area contributed by atoms with Crippen LogP contribution in [0.25, 0.3) is 5.69 Å². The van der Waals surface area contributed by atoms with E-state index < -0.39 is 24.3 Å². The molecular weight excluding hydrogens is 563 g/mol. The summed E-state index contributed by atoms with van der Waals surface area (Å²) in [6.45, 7) is 5.54. The molecule has 10 nitrogen and oxygen atoms in total. The Kier molecular flexibility index (Phi) is 7.77. The number of piperidine rings is 1. The van der Waals surface area contributed by atoms with Crippen molar-refractivity contribution in [3.8, 4) is 11.6 Å². The van der Waals surface area contributed by atoms with Gasteiger partial charge in [0.1, 0.15) is 11.9 Å². The minimum absolute atomic E-state index is 0.0733. The van der Waals surface area contributed by atoms with Gasteiger partial charge in [-0.3, -0.25) is 4.79 Å². The van der Waals surface area contributed by atoms with Gasteiger partial charge in [-0.15, -0.1) is 0 Å². The van der Waals surface area contributed by atoms with E-state index in [0.29, 0.717) is 50.4 Å². The highest BCUT2D eigenvalue weighted by molar-refractivity contribution is 6.30. The van der Waals surface area contributed by atoms with Gasteiger partial charge in [0.2, 0.25) is 17.9 Å². The first-order chi connectivity index (χ1) is 19.3. The molecule has 2 saturated heterocycles. The van der Waals surface area contributed by atoms with Gasteiger partial charge in [0, 0.05) is 42.5 Å². The zero-order valence-electron chi connectivity index (χ0n) is 22.5. The Morgan fingerprint density at radius 3 is 2.56 bits per heavy atom. The smallest absolute Gasteiger partial charge is 0.429 e. The minimum Gasteiger partial charge on any atom is -0.480 e. The van der Waals surface area contributed by atoms with E-state index >= 15 is 0 Å². The molecule has 2 atom stereocenters. The Hall–Kier alpha value is -3.58. The molecule has 0 amide bonds. The predicted molar refractivity (Wildman–Crippen MR) is 146 cm³/mol. The van der Waals surface area contributed by atoms with Crippen molar-refractivity contribution in [3.63, 3.8) is 0 Å². The lowest BCUT2D eigenvalue weighted by molar-refractivity contribution is -0.198. The fourth-order valence-corrected chi connectivity index (χ4v) is 5.65. The molecule has 0 saturated carbocycles. The summed E-state index contributed by atoms with van der Waals surface area (Å²) in [5.41, 5.74) is 6.41.